The van der Waals surface area contributed by atoms with Crippen molar-refractivity contribution in [3.8, 4) is 0 Å². The number of carbonyl (C=O) groups is 2. The molecule has 0 aliphatic heterocycles. The van der Waals surface area contributed by atoms with Gasteiger partial charge in [-0.3, -0.25) is 9.59 Å². The summed E-state index contributed by atoms with van der Waals surface area (Å²) in [5.41, 5.74) is 8.75. The average Bonchev–Trinajstić information content (AvgIpc) is 2.67. The zero-order valence-corrected chi connectivity index (χ0v) is 15.9. The van der Waals surface area contributed by atoms with Crippen LogP contribution < -0.4 is 16.4 Å². The summed E-state index contributed by atoms with van der Waals surface area (Å²) >= 11 is 0. The molecule has 2 unspecified atom stereocenters. The van der Waals surface area contributed by atoms with Crippen molar-refractivity contribution in [2.45, 2.75) is 19.4 Å². The van der Waals surface area contributed by atoms with Gasteiger partial charge in [-0.1, -0.05) is 49.4 Å². The summed E-state index contributed by atoms with van der Waals surface area (Å²) in [6, 6.07) is 16.7. The standard InChI is InChI=1S/C20H25N3O2.ClH/c1-14(18(21)16-8-4-3-5-9-16)19(24)23-12-11-15-7-6-10-17(13-15)20(25)22-2;/h3-10,13-14,18H,11-12,21H2,1-2H3,(H,22,25)(H,23,24);1H. The third-order valence-electron chi connectivity index (χ3n) is 4.27. The minimum absolute atomic E-state index is 0. The van der Waals surface area contributed by atoms with Gasteiger partial charge in [0.05, 0.1) is 5.92 Å². The highest BCUT2D eigenvalue weighted by Gasteiger charge is 2.21. The Hall–Kier alpha value is -2.37. The van der Waals surface area contributed by atoms with E-state index in [2.05, 4.69) is 10.6 Å². The number of benzene rings is 2. The van der Waals surface area contributed by atoms with E-state index in [4.69, 9.17) is 5.73 Å². The molecule has 0 saturated heterocycles. The van der Waals surface area contributed by atoms with Gasteiger partial charge >= 0.3 is 0 Å². The van der Waals surface area contributed by atoms with Crippen LogP contribution in [-0.2, 0) is 11.2 Å². The average molecular weight is 376 g/mol. The predicted molar refractivity (Wildman–Crippen MR) is 106 cm³/mol. The summed E-state index contributed by atoms with van der Waals surface area (Å²) in [6.45, 7) is 2.33. The smallest absolute Gasteiger partial charge is 0.251 e. The Kier molecular flexibility index (Phi) is 8.82. The molecule has 0 aromatic heterocycles. The van der Waals surface area contributed by atoms with E-state index in [9.17, 15) is 9.59 Å². The van der Waals surface area contributed by atoms with Crippen LogP contribution in [0.2, 0.25) is 0 Å². The van der Waals surface area contributed by atoms with Crippen LogP contribution in [-0.4, -0.2) is 25.4 Å². The monoisotopic (exact) mass is 375 g/mol. The fourth-order valence-electron chi connectivity index (χ4n) is 2.63. The first-order valence-corrected chi connectivity index (χ1v) is 8.42. The number of hydrogen-bond donors (Lipinski definition) is 3. The highest BCUT2D eigenvalue weighted by atomic mass is 35.5. The van der Waals surface area contributed by atoms with E-state index in [0.29, 0.717) is 18.5 Å². The summed E-state index contributed by atoms with van der Waals surface area (Å²) in [5.74, 6) is -0.508. The second kappa shape index (κ2) is 10.6. The van der Waals surface area contributed by atoms with Crippen LogP contribution >= 0.6 is 12.4 Å². The predicted octanol–water partition coefficient (Wildman–Crippen LogP) is 2.46. The molecule has 2 amide bonds. The van der Waals surface area contributed by atoms with Gasteiger partial charge in [-0.15, -0.1) is 12.4 Å². The van der Waals surface area contributed by atoms with Gasteiger partial charge in [0.1, 0.15) is 0 Å². The number of hydrogen-bond acceptors (Lipinski definition) is 3. The molecule has 140 valence electrons. The fourth-order valence-corrected chi connectivity index (χ4v) is 2.63. The summed E-state index contributed by atoms with van der Waals surface area (Å²) in [6.07, 6.45) is 0.657. The molecule has 26 heavy (non-hydrogen) atoms. The highest BCUT2D eigenvalue weighted by molar-refractivity contribution is 5.94. The van der Waals surface area contributed by atoms with Gasteiger partial charge in [0.15, 0.2) is 0 Å². The van der Waals surface area contributed by atoms with Gasteiger partial charge < -0.3 is 16.4 Å². The maximum atomic E-state index is 12.3. The molecule has 4 N–H and O–H groups in total. The normalized spacial score (nSPS) is 12.4. The number of rotatable bonds is 7. The number of nitrogens with one attached hydrogen (secondary N) is 2. The molecule has 5 nitrogen and oxygen atoms in total. The molecule has 0 aliphatic carbocycles. The van der Waals surface area contributed by atoms with Gasteiger partial charge in [0.2, 0.25) is 5.91 Å². The molecular formula is C20H26ClN3O2. The van der Waals surface area contributed by atoms with Crippen molar-refractivity contribution >= 4 is 24.2 Å². The van der Waals surface area contributed by atoms with E-state index in [1.165, 1.54) is 0 Å². The first-order chi connectivity index (χ1) is 12.0. The molecule has 0 spiro atoms. The zero-order valence-electron chi connectivity index (χ0n) is 15.1. The maximum Gasteiger partial charge on any atom is 0.251 e. The lowest BCUT2D eigenvalue weighted by atomic mass is 9.94. The molecule has 2 atom stereocenters. The Morgan fingerprint density at radius 3 is 2.42 bits per heavy atom. The van der Waals surface area contributed by atoms with Crippen LogP contribution in [0.5, 0.6) is 0 Å². The number of nitrogens with two attached hydrogens (primary N) is 1. The molecule has 2 rings (SSSR count). The van der Waals surface area contributed by atoms with Gasteiger partial charge in [-0.25, -0.2) is 0 Å². The molecule has 2 aromatic rings. The summed E-state index contributed by atoms with van der Waals surface area (Å²) in [7, 11) is 1.60. The van der Waals surface area contributed by atoms with Gasteiger partial charge in [0, 0.05) is 25.2 Å². The SMILES string of the molecule is CNC(=O)c1cccc(CCNC(=O)C(C)C(N)c2ccccc2)c1.Cl. The minimum atomic E-state index is -0.335. The van der Waals surface area contributed by atoms with E-state index in [1.807, 2.05) is 55.5 Å². The lowest BCUT2D eigenvalue weighted by molar-refractivity contribution is -0.125. The van der Waals surface area contributed by atoms with E-state index in [0.717, 1.165) is 11.1 Å². The fraction of sp³-hybridized carbons (Fsp3) is 0.300. The van der Waals surface area contributed by atoms with Crippen LogP contribution in [0.15, 0.2) is 54.6 Å². The van der Waals surface area contributed by atoms with Gasteiger partial charge in [-0.05, 0) is 29.7 Å². The van der Waals surface area contributed by atoms with Crippen molar-refractivity contribution in [2.75, 3.05) is 13.6 Å². The van der Waals surface area contributed by atoms with Crippen LogP contribution in [0.3, 0.4) is 0 Å². The molecule has 0 fully saturated rings. The van der Waals surface area contributed by atoms with Crippen molar-refractivity contribution < 1.29 is 9.59 Å². The molecule has 0 saturated carbocycles. The van der Waals surface area contributed by atoms with Crippen LogP contribution in [0, 0.1) is 5.92 Å². The Bertz CT molecular complexity index is 722. The van der Waals surface area contributed by atoms with E-state index in [1.54, 1.807) is 13.1 Å². The van der Waals surface area contributed by atoms with Gasteiger partial charge in [0.25, 0.3) is 5.91 Å². The number of halogens is 1. The second-order valence-corrected chi connectivity index (χ2v) is 6.05. The van der Waals surface area contributed by atoms with Gasteiger partial charge in [-0.2, -0.15) is 0 Å². The highest BCUT2D eigenvalue weighted by Crippen LogP contribution is 2.19. The van der Waals surface area contributed by atoms with E-state index < -0.39 is 0 Å². The maximum absolute atomic E-state index is 12.3. The van der Waals surface area contributed by atoms with E-state index in [-0.39, 0.29) is 36.2 Å². The Labute approximate surface area is 160 Å². The molecule has 6 heteroatoms. The molecule has 2 aromatic carbocycles. The third-order valence-corrected chi connectivity index (χ3v) is 4.27. The Morgan fingerprint density at radius 1 is 1.08 bits per heavy atom. The van der Waals surface area contributed by atoms with Crippen molar-refractivity contribution in [1.29, 1.82) is 0 Å². The molecular weight excluding hydrogens is 350 g/mol. The molecule has 0 bridgehead atoms. The first-order valence-electron chi connectivity index (χ1n) is 8.42. The van der Waals surface area contributed by atoms with Crippen LogP contribution in [0.4, 0.5) is 0 Å². The first kappa shape index (κ1) is 21.7. The largest absolute Gasteiger partial charge is 0.355 e. The lowest BCUT2D eigenvalue weighted by Crippen LogP contribution is -2.36. The quantitative estimate of drug-likeness (QED) is 0.695. The Morgan fingerprint density at radius 2 is 1.77 bits per heavy atom. The van der Waals surface area contributed by atoms with E-state index >= 15 is 0 Å². The minimum Gasteiger partial charge on any atom is -0.355 e. The van der Waals surface area contributed by atoms with Crippen molar-refractivity contribution in [3.05, 3.63) is 71.3 Å². The zero-order chi connectivity index (χ0) is 18.2. The summed E-state index contributed by atoms with van der Waals surface area (Å²) in [4.78, 5) is 24.0. The Balaban J connectivity index is 0.00000338. The molecule has 0 radical (unpaired) electrons. The molecule has 0 heterocycles. The van der Waals surface area contributed by atoms with Crippen molar-refractivity contribution in [3.63, 3.8) is 0 Å². The number of carbonyl (C=O) groups excluding carboxylic acids is 2. The van der Waals surface area contributed by atoms with Crippen LogP contribution in [0.25, 0.3) is 0 Å². The lowest BCUT2D eigenvalue weighted by Gasteiger charge is -2.19. The van der Waals surface area contributed by atoms with Crippen molar-refractivity contribution in [2.24, 2.45) is 11.7 Å². The number of amides is 2. The summed E-state index contributed by atoms with van der Waals surface area (Å²) in [5, 5.41) is 5.53. The summed E-state index contributed by atoms with van der Waals surface area (Å²) < 4.78 is 0. The van der Waals surface area contributed by atoms with Crippen molar-refractivity contribution in [1.82, 2.24) is 10.6 Å². The second-order valence-electron chi connectivity index (χ2n) is 6.05. The van der Waals surface area contributed by atoms with Crippen LogP contribution in [0.1, 0.15) is 34.5 Å². The topological polar surface area (TPSA) is 84.2 Å². The third kappa shape index (κ3) is 5.86. The molecule has 0 aliphatic rings.